The van der Waals surface area contributed by atoms with Gasteiger partial charge < -0.3 is 9.47 Å². The van der Waals surface area contributed by atoms with E-state index in [2.05, 4.69) is 6.92 Å². The molecular formula is C32H37F3O2. The standard InChI is InChI=1S/C32H37F3O2/c1-3-5-7-8-26-15-13-25(21-37-26)27-16-14-24(20-29(27)33)22-9-11-23(12-10-22)28-17-18-30(32(35)31(28)34)36-19-6-4-2/h9-12,14,16-18,20,25-26H,3-8,13,15,19,21H2,1-2H3. The van der Waals surface area contributed by atoms with Gasteiger partial charge in [0.1, 0.15) is 5.82 Å². The summed E-state index contributed by atoms with van der Waals surface area (Å²) in [6, 6.07) is 15.4. The summed E-state index contributed by atoms with van der Waals surface area (Å²) in [7, 11) is 0. The van der Waals surface area contributed by atoms with Crippen molar-refractivity contribution >= 4 is 0 Å². The van der Waals surface area contributed by atoms with Crippen LogP contribution in [0.15, 0.2) is 54.6 Å². The van der Waals surface area contributed by atoms with Gasteiger partial charge >= 0.3 is 0 Å². The van der Waals surface area contributed by atoms with Gasteiger partial charge in [-0.1, -0.05) is 75.9 Å². The van der Waals surface area contributed by atoms with Crippen molar-refractivity contribution in [1.29, 1.82) is 0 Å². The van der Waals surface area contributed by atoms with Crippen molar-refractivity contribution in [3.05, 3.63) is 77.6 Å². The van der Waals surface area contributed by atoms with Crippen molar-refractivity contribution in [3.8, 4) is 28.0 Å². The van der Waals surface area contributed by atoms with Crippen molar-refractivity contribution in [2.24, 2.45) is 0 Å². The number of benzene rings is 3. The SMILES string of the molecule is CCCCCC1CCC(c2ccc(-c3ccc(-c4ccc(OCCCC)c(F)c4F)cc3)cc2F)CO1. The van der Waals surface area contributed by atoms with E-state index >= 15 is 4.39 Å². The van der Waals surface area contributed by atoms with E-state index < -0.39 is 11.6 Å². The van der Waals surface area contributed by atoms with Crippen molar-refractivity contribution < 1.29 is 22.6 Å². The fourth-order valence-electron chi connectivity index (χ4n) is 4.97. The van der Waals surface area contributed by atoms with E-state index in [-0.39, 0.29) is 23.0 Å². The fourth-order valence-corrected chi connectivity index (χ4v) is 4.97. The first-order chi connectivity index (χ1) is 18.0. The van der Waals surface area contributed by atoms with Crippen molar-refractivity contribution in [2.75, 3.05) is 13.2 Å². The smallest absolute Gasteiger partial charge is 0.201 e. The van der Waals surface area contributed by atoms with Crippen molar-refractivity contribution in [2.45, 2.75) is 77.2 Å². The predicted octanol–water partition coefficient (Wildman–Crippen LogP) is 9.46. The molecule has 1 aliphatic heterocycles. The van der Waals surface area contributed by atoms with Crippen LogP contribution in [0.25, 0.3) is 22.3 Å². The lowest BCUT2D eigenvalue weighted by Crippen LogP contribution is -2.25. The van der Waals surface area contributed by atoms with E-state index in [1.165, 1.54) is 31.4 Å². The molecule has 0 saturated carbocycles. The summed E-state index contributed by atoms with van der Waals surface area (Å²) in [6.45, 7) is 5.12. The third-order valence-corrected chi connectivity index (χ3v) is 7.27. The molecule has 0 N–H and O–H groups in total. The molecule has 0 bridgehead atoms. The number of ether oxygens (including phenoxy) is 2. The van der Waals surface area contributed by atoms with Crippen LogP contribution in [0.2, 0.25) is 0 Å². The number of halogens is 3. The third-order valence-electron chi connectivity index (χ3n) is 7.27. The molecule has 4 rings (SSSR count). The Balaban J connectivity index is 1.42. The fraction of sp³-hybridized carbons (Fsp3) is 0.438. The van der Waals surface area contributed by atoms with Crippen LogP contribution in [0.3, 0.4) is 0 Å². The molecule has 5 heteroatoms. The second-order valence-electron chi connectivity index (χ2n) is 9.98. The normalized spacial score (nSPS) is 17.6. The van der Waals surface area contributed by atoms with Crippen LogP contribution in [-0.2, 0) is 4.74 Å². The molecule has 1 fully saturated rings. The second-order valence-corrected chi connectivity index (χ2v) is 9.98. The zero-order valence-electron chi connectivity index (χ0n) is 21.9. The Kier molecular flexibility index (Phi) is 9.68. The molecule has 0 radical (unpaired) electrons. The summed E-state index contributed by atoms with van der Waals surface area (Å²) in [4.78, 5) is 0. The highest BCUT2D eigenvalue weighted by atomic mass is 19.2. The first-order valence-corrected chi connectivity index (χ1v) is 13.6. The molecule has 198 valence electrons. The Bertz CT molecular complexity index is 1150. The minimum absolute atomic E-state index is 0.0720. The van der Waals surface area contributed by atoms with Gasteiger partial charge in [-0.25, -0.2) is 8.78 Å². The molecule has 37 heavy (non-hydrogen) atoms. The Labute approximate surface area is 218 Å². The first kappa shape index (κ1) is 27.3. The molecule has 0 spiro atoms. The zero-order valence-corrected chi connectivity index (χ0v) is 21.9. The highest BCUT2D eigenvalue weighted by Gasteiger charge is 2.25. The number of hydrogen-bond donors (Lipinski definition) is 0. The van der Waals surface area contributed by atoms with Gasteiger partial charge in [-0.2, -0.15) is 4.39 Å². The van der Waals surface area contributed by atoms with Crippen LogP contribution in [0.1, 0.15) is 76.7 Å². The molecule has 0 aliphatic carbocycles. The van der Waals surface area contributed by atoms with E-state index in [4.69, 9.17) is 9.47 Å². The lowest BCUT2D eigenvalue weighted by molar-refractivity contribution is -0.00267. The molecule has 0 aromatic heterocycles. The van der Waals surface area contributed by atoms with Gasteiger partial charge in [-0.15, -0.1) is 0 Å². The largest absolute Gasteiger partial charge is 0.490 e. The molecule has 0 amide bonds. The van der Waals surface area contributed by atoms with E-state index in [0.29, 0.717) is 30.4 Å². The second kappa shape index (κ2) is 13.1. The minimum atomic E-state index is -0.977. The maximum atomic E-state index is 15.1. The average Bonchev–Trinajstić information content (AvgIpc) is 2.92. The highest BCUT2D eigenvalue weighted by molar-refractivity contribution is 5.71. The number of unbranched alkanes of at least 4 members (excludes halogenated alkanes) is 3. The van der Waals surface area contributed by atoms with Crippen LogP contribution >= 0.6 is 0 Å². The van der Waals surface area contributed by atoms with Crippen molar-refractivity contribution in [3.63, 3.8) is 0 Å². The van der Waals surface area contributed by atoms with Gasteiger partial charge in [0.25, 0.3) is 0 Å². The summed E-state index contributed by atoms with van der Waals surface area (Å²) in [5.74, 6) is -2.14. The Morgan fingerprint density at radius 3 is 2.19 bits per heavy atom. The average molecular weight is 511 g/mol. The number of hydrogen-bond acceptors (Lipinski definition) is 2. The lowest BCUT2D eigenvalue weighted by atomic mass is 9.88. The maximum Gasteiger partial charge on any atom is 0.201 e. The summed E-state index contributed by atoms with van der Waals surface area (Å²) < 4.78 is 55.7. The van der Waals surface area contributed by atoms with Crippen LogP contribution < -0.4 is 4.74 Å². The van der Waals surface area contributed by atoms with Crippen LogP contribution in [-0.4, -0.2) is 19.3 Å². The van der Waals surface area contributed by atoms with E-state index in [1.54, 1.807) is 30.3 Å². The minimum Gasteiger partial charge on any atom is -0.490 e. The van der Waals surface area contributed by atoms with E-state index in [9.17, 15) is 8.78 Å². The molecule has 3 aromatic rings. The molecular weight excluding hydrogens is 473 g/mol. The molecule has 2 atom stereocenters. The van der Waals surface area contributed by atoms with Gasteiger partial charge in [0, 0.05) is 11.5 Å². The highest BCUT2D eigenvalue weighted by Crippen LogP contribution is 2.35. The van der Waals surface area contributed by atoms with Gasteiger partial charge in [-0.05, 0) is 66.1 Å². The topological polar surface area (TPSA) is 18.5 Å². The van der Waals surface area contributed by atoms with Crippen LogP contribution in [0.5, 0.6) is 5.75 Å². The maximum absolute atomic E-state index is 15.1. The third kappa shape index (κ3) is 6.75. The van der Waals surface area contributed by atoms with E-state index in [0.717, 1.165) is 43.2 Å². The van der Waals surface area contributed by atoms with Gasteiger partial charge in [0.15, 0.2) is 11.6 Å². The Morgan fingerprint density at radius 1 is 0.784 bits per heavy atom. The Hall–Kier alpha value is -2.79. The molecule has 1 heterocycles. The molecule has 2 nitrogen and oxygen atoms in total. The quantitative estimate of drug-likeness (QED) is 0.239. The molecule has 2 unspecified atom stereocenters. The predicted molar refractivity (Wildman–Crippen MR) is 143 cm³/mol. The van der Waals surface area contributed by atoms with Crippen molar-refractivity contribution in [1.82, 2.24) is 0 Å². The van der Waals surface area contributed by atoms with Gasteiger partial charge in [0.2, 0.25) is 5.82 Å². The summed E-state index contributed by atoms with van der Waals surface area (Å²) in [5.41, 5.74) is 2.97. The summed E-state index contributed by atoms with van der Waals surface area (Å²) in [6.07, 6.45) is 8.60. The van der Waals surface area contributed by atoms with E-state index in [1.807, 2.05) is 19.1 Å². The summed E-state index contributed by atoms with van der Waals surface area (Å²) in [5, 5.41) is 0. The zero-order chi connectivity index (χ0) is 26.2. The van der Waals surface area contributed by atoms with Crippen LogP contribution in [0, 0.1) is 17.5 Å². The molecule has 1 aliphatic rings. The van der Waals surface area contributed by atoms with Gasteiger partial charge in [-0.3, -0.25) is 0 Å². The lowest BCUT2D eigenvalue weighted by Gasteiger charge is -2.29. The number of rotatable bonds is 11. The van der Waals surface area contributed by atoms with Gasteiger partial charge in [0.05, 0.1) is 19.3 Å². The monoisotopic (exact) mass is 510 g/mol. The first-order valence-electron chi connectivity index (χ1n) is 13.6. The molecule has 1 saturated heterocycles. The molecule has 3 aromatic carbocycles. The summed E-state index contributed by atoms with van der Waals surface area (Å²) >= 11 is 0. The van der Waals surface area contributed by atoms with Crippen LogP contribution in [0.4, 0.5) is 13.2 Å². The Morgan fingerprint density at radius 2 is 1.51 bits per heavy atom.